The molecule has 3 rings (SSSR count). The molecular formula is C25H20NO7-. The highest BCUT2D eigenvalue weighted by Crippen LogP contribution is 2.16. The first-order valence-electron chi connectivity index (χ1n) is 9.95. The van der Waals surface area contributed by atoms with Crippen LogP contribution in [0.4, 0.5) is 5.69 Å². The van der Waals surface area contributed by atoms with Crippen LogP contribution in [0.3, 0.4) is 0 Å². The average molecular weight is 446 g/mol. The van der Waals surface area contributed by atoms with Gasteiger partial charge in [-0.15, -0.1) is 0 Å². The number of nitrogens with one attached hydrogen (secondary N) is 1. The fourth-order valence-electron chi connectivity index (χ4n) is 2.94. The van der Waals surface area contributed by atoms with E-state index in [0.717, 1.165) is 5.56 Å². The van der Waals surface area contributed by atoms with Crippen molar-refractivity contribution < 1.29 is 33.8 Å². The van der Waals surface area contributed by atoms with Gasteiger partial charge in [-0.05, 0) is 48.9 Å². The van der Waals surface area contributed by atoms with Gasteiger partial charge in [-0.3, -0.25) is 4.79 Å². The summed E-state index contributed by atoms with van der Waals surface area (Å²) in [6.07, 6.45) is -4.22. The van der Waals surface area contributed by atoms with Crippen molar-refractivity contribution in [2.75, 3.05) is 5.32 Å². The number of anilines is 1. The summed E-state index contributed by atoms with van der Waals surface area (Å²) in [4.78, 5) is 49.9. The zero-order valence-corrected chi connectivity index (χ0v) is 17.6. The van der Waals surface area contributed by atoms with Crippen LogP contribution >= 0.6 is 0 Å². The minimum atomic E-state index is -2.20. The van der Waals surface area contributed by atoms with Crippen LogP contribution in [0.5, 0.6) is 0 Å². The van der Waals surface area contributed by atoms with Crippen molar-refractivity contribution in [2.45, 2.75) is 19.1 Å². The van der Waals surface area contributed by atoms with Gasteiger partial charge in [0.2, 0.25) is 6.10 Å². The van der Waals surface area contributed by atoms with Crippen LogP contribution in [0.25, 0.3) is 0 Å². The number of carbonyl (C=O) groups excluding carboxylic acids is 4. The van der Waals surface area contributed by atoms with Gasteiger partial charge in [0.15, 0.2) is 6.10 Å². The van der Waals surface area contributed by atoms with Crippen LogP contribution in [-0.4, -0.2) is 36.0 Å². The molecule has 0 heterocycles. The summed E-state index contributed by atoms with van der Waals surface area (Å²) < 4.78 is 10.3. The Labute approximate surface area is 189 Å². The number of aryl methyl sites for hydroxylation is 1. The lowest BCUT2D eigenvalue weighted by Crippen LogP contribution is -2.52. The van der Waals surface area contributed by atoms with Crippen LogP contribution in [-0.2, 0) is 19.1 Å². The van der Waals surface area contributed by atoms with Gasteiger partial charge >= 0.3 is 11.9 Å². The summed E-state index contributed by atoms with van der Waals surface area (Å²) in [5, 5.41) is 14.4. The van der Waals surface area contributed by atoms with E-state index in [1.807, 2.05) is 0 Å². The zero-order chi connectivity index (χ0) is 23.8. The van der Waals surface area contributed by atoms with E-state index in [1.54, 1.807) is 67.6 Å². The maximum absolute atomic E-state index is 13.0. The van der Waals surface area contributed by atoms with Crippen molar-refractivity contribution in [1.82, 2.24) is 0 Å². The van der Waals surface area contributed by atoms with Gasteiger partial charge < -0.3 is 24.7 Å². The van der Waals surface area contributed by atoms with Crippen LogP contribution < -0.4 is 10.4 Å². The van der Waals surface area contributed by atoms with Crippen LogP contribution in [0.2, 0.25) is 0 Å². The Balaban J connectivity index is 1.90. The third-order valence-electron chi connectivity index (χ3n) is 4.54. The summed E-state index contributed by atoms with van der Waals surface area (Å²) in [7, 11) is 0. The third-order valence-corrected chi connectivity index (χ3v) is 4.54. The van der Waals surface area contributed by atoms with Crippen LogP contribution in [0, 0.1) is 6.92 Å². The van der Waals surface area contributed by atoms with Gasteiger partial charge in [0, 0.05) is 5.69 Å². The van der Waals surface area contributed by atoms with Crippen molar-refractivity contribution in [2.24, 2.45) is 0 Å². The van der Waals surface area contributed by atoms with Crippen molar-refractivity contribution in [1.29, 1.82) is 0 Å². The number of esters is 2. The minimum absolute atomic E-state index is 0.0518. The number of carboxylic acids is 1. The van der Waals surface area contributed by atoms with E-state index in [9.17, 15) is 24.3 Å². The molecule has 8 nitrogen and oxygen atoms in total. The number of hydrogen-bond acceptors (Lipinski definition) is 7. The van der Waals surface area contributed by atoms with Gasteiger partial charge in [0.05, 0.1) is 17.1 Å². The molecule has 0 fully saturated rings. The normalized spacial score (nSPS) is 12.2. The largest absolute Gasteiger partial charge is 0.546 e. The highest BCUT2D eigenvalue weighted by atomic mass is 16.6. The summed E-state index contributed by atoms with van der Waals surface area (Å²) in [6, 6.07) is 22.0. The lowest BCUT2D eigenvalue weighted by molar-refractivity contribution is -0.317. The van der Waals surface area contributed by atoms with Crippen molar-refractivity contribution in [3.8, 4) is 0 Å². The standard InChI is InChI=1S/C25H21NO7/c1-16-9-8-14-19(15-16)26-22(27)20(32-24(30)17-10-4-2-5-11-17)21(23(28)29)33-25(31)18-12-6-3-7-13-18/h2-15,20-21H,1H3,(H,26,27)(H,28,29)/p-1/t20-,21-/m1/s1. The molecule has 1 amide bonds. The summed E-state index contributed by atoms with van der Waals surface area (Å²) in [5.41, 5.74) is 1.30. The number of carbonyl (C=O) groups is 4. The fourth-order valence-corrected chi connectivity index (χ4v) is 2.94. The molecule has 1 N–H and O–H groups in total. The van der Waals surface area contributed by atoms with Gasteiger partial charge in [0.25, 0.3) is 5.91 Å². The monoisotopic (exact) mass is 446 g/mol. The first-order chi connectivity index (χ1) is 15.8. The molecule has 33 heavy (non-hydrogen) atoms. The molecule has 0 unspecified atom stereocenters. The van der Waals surface area contributed by atoms with Crippen LogP contribution in [0.1, 0.15) is 26.3 Å². The number of rotatable bonds is 8. The highest BCUT2D eigenvalue weighted by molar-refractivity contribution is 6.01. The minimum Gasteiger partial charge on any atom is -0.546 e. The second-order valence-electron chi connectivity index (χ2n) is 7.06. The Bertz CT molecular complexity index is 1150. The molecule has 168 valence electrons. The van der Waals surface area contributed by atoms with Crippen LogP contribution in [0.15, 0.2) is 84.9 Å². The summed E-state index contributed by atoms with van der Waals surface area (Å²) >= 11 is 0. The zero-order valence-electron chi connectivity index (χ0n) is 17.6. The molecule has 0 bridgehead atoms. The molecule has 0 aliphatic carbocycles. The molecule has 8 heteroatoms. The second-order valence-corrected chi connectivity index (χ2v) is 7.06. The molecule has 0 spiro atoms. The maximum atomic E-state index is 13.0. The molecule has 0 aromatic heterocycles. The Morgan fingerprint density at radius 1 is 0.727 bits per heavy atom. The number of aliphatic carboxylic acids is 1. The maximum Gasteiger partial charge on any atom is 0.339 e. The SMILES string of the molecule is Cc1cccc(NC(=O)[C@H](OC(=O)c2ccccc2)[C@@H](OC(=O)c2ccccc2)C(=O)[O-])c1. The van der Waals surface area contributed by atoms with E-state index in [-0.39, 0.29) is 11.1 Å². The Morgan fingerprint density at radius 3 is 1.73 bits per heavy atom. The lowest BCUT2D eigenvalue weighted by Gasteiger charge is -2.27. The number of hydrogen-bond donors (Lipinski definition) is 1. The van der Waals surface area contributed by atoms with Gasteiger partial charge in [-0.1, -0.05) is 48.5 Å². The van der Waals surface area contributed by atoms with E-state index in [4.69, 9.17) is 9.47 Å². The molecule has 3 aromatic carbocycles. The topological polar surface area (TPSA) is 122 Å². The fraction of sp³-hybridized carbons (Fsp3) is 0.120. The Morgan fingerprint density at radius 2 is 1.24 bits per heavy atom. The smallest absolute Gasteiger partial charge is 0.339 e. The third kappa shape index (κ3) is 6.27. The van der Waals surface area contributed by atoms with Crippen molar-refractivity contribution in [3.05, 3.63) is 102 Å². The first-order valence-corrected chi connectivity index (χ1v) is 9.95. The van der Waals surface area contributed by atoms with Gasteiger partial charge in [-0.2, -0.15) is 0 Å². The number of amides is 1. The highest BCUT2D eigenvalue weighted by Gasteiger charge is 2.37. The first kappa shape index (κ1) is 23.2. The number of carboxylic acid groups (broad SMARTS) is 1. The molecule has 0 aliphatic heterocycles. The molecule has 0 radical (unpaired) electrons. The number of ether oxygens (including phenoxy) is 2. The van der Waals surface area contributed by atoms with Crippen molar-refractivity contribution in [3.63, 3.8) is 0 Å². The average Bonchev–Trinajstić information content (AvgIpc) is 2.82. The van der Waals surface area contributed by atoms with E-state index in [0.29, 0.717) is 5.69 Å². The van der Waals surface area contributed by atoms with E-state index in [2.05, 4.69) is 5.32 Å². The summed E-state index contributed by atoms with van der Waals surface area (Å²) in [6.45, 7) is 1.80. The van der Waals surface area contributed by atoms with Crippen molar-refractivity contribution >= 4 is 29.5 Å². The molecule has 0 aliphatic rings. The molecular weight excluding hydrogens is 426 g/mol. The van der Waals surface area contributed by atoms with Gasteiger partial charge in [0.1, 0.15) is 0 Å². The predicted molar refractivity (Wildman–Crippen MR) is 116 cm³/mol. The molecule has 3 aromatic rings. The Hall–Kier alpha value is -4.46. The molecule has 0 saturated heterocycles. The summed E-state index contributed by atoms with van der Waals surface area (Å²) in [5.74, 6) is -4.89. The van der Waals surface area contributed by atoms with E-state index < -0.39 is 36.0 Å². The van der Waals surface area contributed by atoms with Gasteiger partial charge in [-0.25, -0.2) is 9.59 Å². The van der Waals surface area contributed by atoms with E-state index >= 15 is 0 Å². The van der Waals surface area contributed by atoms with E-state index in [1.165, 1.54) is 24.3 Å². The molecule has 2 atom stereocenters. The predicted octanol–water partition coefficient (Wildman–Crippen LogP) is 2.13. The Kier molecular flexibility index (Phi) is 7.54. The lowest BCUT2D eigenvalue weighted by atomic mass is 10.1. The molecule has 0 saturated carbocycles. The second kappa shape index (κ2) is 10.7. The quantitative estimate of drug-likeness (QED) is 0.526. The number of benzene rings is 3.